The number of aromatic amines is 1. The number of nitrogens with zero attached hydrogens (tertiary/aromatic N) is 2. The van der Waals surface area contributed by atoms with Crippen LogP contribution < -0.4 is 4.74 Å². The summed E-state index contributed by atoms with van der Waals surface area (Å²) in [6.45, 7) is 4.15. The fourth-order valence-electron chi connectivity index (χ4n) is 4.70. The number of nitrogens with one attached hydrogen (secondary N) is 1. The number of ether oxygens (including phenoxy) is 2. The maximum atomic E-state index is 13.6. The molecule has 5 rings (SSSR count). The van der Waals surface area contributed by atoms with Crippen LogP contribution in [0.25, 0.3) is 22.3 Å². The van der Waals surface area contributed by atoms with Crippen molar-refractivity contribution in [3.8, 4) is 17.1 Å². The van der Waals surface area contributed by atoms with Crippen molar-refractivity contribution in [2.24, 2.45) is 0 Å². The lowest BCUT2D eigenvalue weighted by Crippen LogP contribution is -2.30. The average Bonchev–Trinajstić information content (AvgIpc) is 3.46. The van der Waals surface area contributed by atoms with Crippen LogP contribution in [0.1, 0.15) is 41.0 Å². The van der Waals surface area contributed by atoms with Crippen LogP contribution in [-0.2, 0) is 16.9 Å². The number of H-pyrrole nitrogens is 1. The van der Waals surface area contributed by atoms with Crippen LogP contribution in [0.3, 0.4) is 0 Å². The number of hydrogen-bond acceptors (Lipinski definition) is 6. The molecule has 0 unspecified atom stereocenters. The van der Waals surface area contributed by atoms with Crippen LogP contribution >= 0.6 is 0 Å². The van der Waals surface area contributed by atoms with E-state index < -0.39 is 11.5 Å². The van der Waals surface area contributed by atoms with Gasteiger partial charge in [-0.25, -0.2) is 4.98 Å². The minimum absolute atomic E-state index is 0.0249. The molecule has 1 atom stereocenters. The molecule has 34 heavy (non-hydrogen) atoms. The number of aliphatic hydroxyl groups excluding tert-OH is 2. The van der Waals surface area contributed by atoms with Crippen molar-refractivity contribution in [1.82, 2.24) is 14.5 Å². The third kappa shape index (κ3) is 3.51. The third-order valence-corrected chi connectivity index (χ3v) is 6.45. The summed E-state index contributed by atoms with van der Waals surface area (Å²) in [7, 11) is 1.64. The quantitative estimate of drug-likeness (QED) is 0.390. The summed E-state index contributed by atoms with van der Waals surface area (Å²) in [5.74, 6) is 1.29. The predicted molar refractivity (Wildman–Crippen MR) is 127 cm³/mol. The number of imidazole rings is 1. The average molecular weight is 462 g/mol. The fourth-order valence-corrected chi connectivity index (χ4v) is 4.70. The Morgan fingerprint density at radius 1 is 1.21 bits per heavy atom. The standard InChI is InChI=1S/C26H27N3O5/c1-26(2)20-11-17(34-13-16(31)12-30)5-7-18(20)23(32)22-19-6-4-15(10-21(19)28-24(22)26)25-27-8-9-29(25)14-33-3/h4-11,16,28,30-31H,12-14H2,1-3H3/t16-/m1/s1. The van der Waals surface area contributed by atoms with Crippen LogP contribution in [0.15, 0.2) is 48.8 Å². The topological polar surface area (TPSA) is 110 Å². The van der Waals surface area contributed by atoms with Gasteiger partial charge in [-0.1, -0.05) is 26.0 Å². The SMILES string of the molecule is COCn1ccnc1-c1ccc2c3c([nH]c2c1)C(C)(C)c1cc(OC[C@H](O)CO)ccc1C3=O. The van der Waals surface area contributed by atoms with Gasteiger partial charge >= 0.3 is 0 Å². The monoisotopic (exact) mass is 461 g/mol. The number of carbonyl (C=O) groups excluding carboxylic acids is 1. The number of benzene rings is 2. The third-order valence-electron chi connectivity index (χ3n) is 6.45. The van der Waals surface area contributed by atoms with Crippen LogP contribution in [0.5, 0.6) is 5.75 Å². The molecular formula is C26H27N3O5. The number of hydrogen-bond donors (Lipinski definition) is 3. The van der Waals surface area contributed by atoms with E-state index in [0.717, 1.165) is 33.5 Å². The summed E-state index contributed by atoms with van der Waals surface area (Å²) in [4.78, 5) is 21.6. The Labute approximate surface area is 196 Å². The molecular weight excluding hydrogens is 434 g/mol. The summed E-state index contributed by atoms with van der Waals surface area (Å²) in [6.07, 6.45) is 2.64. The van der Waals surface area contributed by atoms with E-state index in [0.29, 0.717) is 23.6 Å². The molecule has 0 bridgehead atoms. The smallest absolute Gasteiger partial charge is 0.195 e. The van der Waals surface area contributed by atoms with E-state index in [1.807, 2.05) is 35.0 Å². The summed E-state index contributed by atoms with van der Waals surface area (Å²) in [5, 5.41) is 19.5. The lowest BCUT2D eigenvalue weighted by Gasteiger charge is -2.32. The normalized spacial score (nSPS) is 15.3. The van der Waals surface area contributed by atoms with Gasteiger partial charge in [-0.05, 0) is 29.8 Å². The zero-order chi connectivity index (χ0) is 24.0. The lowest BCUT2D eigenvalue weighted by atomic mass is 9.71. The first-order valence-corrected chi connectivity index (χ1v) is 11.1. The Bertz CT molecular complexity index is 1380. The second-order valence-electron chi connectivity index (χ2n) is 9.08. The molecule has 0 spiro atoms. The fraction of sp³-hybridized carbons (Fsp3) is 0.308. The summed E-state index contributed by atoms with van der Waals surface area (Å²) >= 11 is 0. The predicted octanol–water partition coefficient (Wildman–Crippen LogP) is 3.24. The summed E-state index contributed by atoms with van der Waals surface area (Å²) in [6, 6.07) is 11.3. The largest absolute Gasteiger partial charge is 0.491 e. The van der Waals surface area contributed by atoms with Crippen molar-refractivity contribution >= 4 is 16.7 Å². The first kappa shape index (κ1) is 22.3. The molecule has 4 aromatic rings. The van der Waals surface area contributed by atoms with Gasteiger partial charge in [-0.2, -0.15) is 0 Å². The summed E-state index contributed by atoms with van der Waals surface area (Å²) in [5.41, 5.74) is 4.33. The van der Waals surface area contributed by atoms with Gasteiger partial charge in [0.25, 0.3) is 0 Å². The molecule has 0 radical (unpaired) electrons. The molecule has 2 heterocycles. The van der Waals surface area contributed by atoms with Crippen molar-refractivity contribution in [3.63, 3.8) is 0 Å². The Hall–Kier alpha value is -3.46. The maximum absolute atomic E-state index is 13.6. The highest BCUT2D eigenvalue weighted by Gasteiger charge is 2.40. The van der Waals surface area contributed by atoms with Crippen LogP contribution in [0.2, 0.25) is 0 Å². The first-order valence-electron chi connectivity index (χ1n) is 11.1. The van der Waals surface area contributed by atoms with E-state index in [2.05, 4.69) is 23.8 Å². The highest BCUT2D eigenvalue weighted by molar-refractivity contribution is 6.20. The van der Waals surface area contributed by atoms with Crippen LogP contribution in [-0.4, -0.2) is 57.0 Å². The van der Waals surface area contributed by atoms with Gasteiger partial charge in [-0.3, -0.25) is 4.79 Å². The molecule has 176 valence electrons. The molecule has 1 aliphatic carbocycles. The molecule has 2 aromatic heterocycles. The Morgan fingerprint density at radius 3 is 2.79 bits per heavy atom. The number of aliphatic hydroxyl groups is 2. The molecule has 0 saturated heterocycles. The van der Waals surface area contributed by atoms with E-state index in [9.17, 15) is 9.90 Å². The highest BCUT2D eigenvalue weighted by atomic mass is 16.5. The molecule has 0 aliphatic heterocycles. The van der Waals surface area contributed by atoms with Crippen LogP contribution in [0.4, 0.5) is 0 Å². The van der Waals surface area contributed by atoms with Crippen molar-refractivity contribution in [3.05, 3.63) is 71.2 Å². The number of ketones is 1. The zero-order valence-electron chi connectivity index (χ0n) is 19.3. The van der Waals surface area contributed by atoms with E-state index >= 15 is 0 Å². The number of carbonyl (C=O) groups is 1. The second-order valence-corrected chi connectivity index (χ2v) is 9.08. The molecule has 1 aliphatic rings. The van der Waals surface area contributed by atoms with E-state index in [-0.39, 0.29) is 19.0 Å². The van der Waals surface area contributed by atoms with Crippen molar-refractivity contribution < 1.29 is 24.5 Å². The van der Waals surface area contributed by atoms with E-state index in [1.165, 1.54) is 0 Å². The van der Waals surface area contributed by atoms with Gasteiger partial charge in [0.1, 0.15) is 31.0 Å². The highest BCUT2D eigenvalue weighted by Crippen LogP contribution is 2.45. The number of methoxy groups -OCH3 is 1. The van der Waals surface area contributed by atoms with Crippen molar-refractivity contribution in [2.45, 2.75) is 32.1 Å². The molecule has 8 nitrogen and oxygen atoms in total. The first-order chi connectivity index (χ1) is 16.3. The van der Waals surface area contributed by atoms with Crippen molar-refractivity contribution in [1.29, 1.82) is 0 Å². The van der Waals surface area contributed by atoms with Crippen LogP contribution in [0, 0.1) is 0 Å². The number of aromatic nitrogens is 3. The van der Waals surface area contributed by atoms with Crippen molar-refractivity contribution in [2.75, 3.05) is 20.3 Å². The Kier molecular flexibility index (Phi) is 5.51. The van der Waals surface area contributed by atoms with Gasteiger partial charge in [0.2, 0.25) is 0 Å². The van der Waals surface area contributed by atoms with Gasteiger partial charge in [0, 0.05) is 52.6 Å². The van der Waals surface area contributed by atoms with Gasteiger partial charge in [0.05, 0.1) is 12.2 Å². The van der Waals surface area contributed by atoms with E-state index in [4.69, 9.17) is 14.6 Å². The van der Waals surface area contributed by atoms with Gasteiger partial charge < -0.3 is 29.2 Å². The summed E-state index contributed by atoms with van der Waals surface area (Å²) < 4.78 is 12.8. The number of rotatable bonds is 7. The molecule has 8 heteroatoms. The molecule has 0 fully saturated rings. The molecule has 0 amide bonds. The Morgan fingerprint density at radius 2 is 2.03 bits per heavy atom. The van der Waals surface area contributed by atoms with E-state index in [1.54, 1.807) is 25.4 Å². The zero-order valence-corrected chi connectivity index (χ0v) is 19.3. The Balaban J connectivity index is 1.58. The number of fused-ring (bicyclic) bond motifs is 4. The molecule has 2 aromatic carbocycles. The van der Waals surface area contributed by atoms with Gasteiger partial charge in [0.15, 0.2) is 5.78 Å². The molecule has 3 N–H and O–H groups in total. The molecule has 0 saturated carbocycles. The second kappa shape index (κ2) is 8.39. The maximum Gasteiger partial charge on any atom is 0.195 e. The minimum Gasteiger partial charge on any atom is -0.491 e. The van der Waals surface area contributed by atoms with Gasteiger partial charge in [-0.15, -0.1) is 0 Å². The minimum atomic E-state index is -0.959. The lowest BCUT2D eigenvalue weighted by molar-refractivity contribution is 0.0535.